The fourth-order valence-corrected chi connectivity index (χ4v) is 3.46. The van der Waals surface area contributed by atoms with E-state index in [0.717, 1.165) is 12.1 Å². The van der Waals surface area contributed by atoms with Crippen LogP contribution in [0.3, 0.4) is 0 Å². The maximum Gasteiger partial charge on any atom is 0.387 e. The van der Waals surface area contributed by atoms with Gasteiger partial charge in [0.05, 0.1) is 9.92 Å². The molecule has 0 aliphatic carbocycles. The molecule has 172 valence electrons. The van der Waals surface area contributed by atoms with Gasteiger partial charge in [0.25, 0.3) is 5.91 Å². The Morgan fingerprint density at radius 3 is 2.31 bits per heavy atom. The van der Waals surface area contributed by atoms with Crippen molar-refractivity contribution in [1.82, 2.24) is 4.72 Å². The van der Waals surface area contributed by atoms with Gasteiger partial charge in [0.1, 0.15) is 12.3 Å². The number of Topliss-reactive ketones (excluding diaryl/α,β-unsaturated/α-hetero) is 1. The summed E-state index contributed by atoms with van der Waals surface area (Å²) in [5.41, 5.74) is 0.458. The number of carbonyl (C=O) groups is 3. The quantitative estimate of drug-likeness (QED) is 0.387. The smallest absolute Gasteiger partial charge is 0.387 e. The molecule has 9 nitrogen and oxygen atoms in total. The highest BCUT2D eigenvalue weighted by Crippen LogP contribution is 2.28. The first-order valence-corrected chi connectivity index (χ1v) is 10.6. The summed E-state index contributed by atoms with van der Waals surface area (Å²) in [4.78, 5) is 34.7. The van der Waals surface area contributed by atoms with Crippen LogP contribution < -0.4 is 14.8 Å². The van der Waals surface area contributed by atoms with Gasteiger partial charge in [-0.1, -0.05) is 23.7 Å². The number of ether oxygens (including phenoxy) is 2. The fraction of sp³-hybridized carbons (Fsp3) is 0.211. The van der Waals surface area contributed by atoms with E-state index < -0.39 is 41.7 Å². The average Bonchev–Trinajstić information content (AvgIpc) is 2.72. The van der Waals surface area contributed by atoms with Crippen LogP contribution in [0.25, 0.3) is 0 Å². The molecule has 0 aliphatic rings. The van der Waals surface area contributed by atoms with Gasteiger partial charge in [0.2, 0.25) is 10.0 Å². The molecule has 2 aromatic carbocycles. The number of alkyl halides is 2. The molecule has 0 atom stereocenters. The summed E-state index contributed by atoms with van der Waals surface area (Å²) in [6.45, 7) is -3.21. The Balaban J connectivity index is 1.82. The van der Waals surface area contributed by atoms with Crippen molar-refractivity contribution >= 4 is 45.0 Å². The van der Waals surface area contributed by atoms with Crippen LogP contribution in [0.2, 0.25) is 5.02 Å². The number of ketones is 1. The number of sulfonamides is 1. The number of amides is 1. The lowest BCUT2D eigenvalue weighted by atomic mass is 10.2. The molecule has 0 bridgehead atoms. The third kappa shape index (κ3) is 7.55. The highest BCUT2D eigenvalue weighted by atomic mass is 35.5. The lowest BCUT2D eigenvalue weighted by Crippen LogP contribution is -2.32. The first-order chi connectivity index (χ1) is 15.0. The summed E-state index contributed by atoms with van der Waals surface area (Å²) in [5.74, 6) is -2.32. The van der Waals surface area contributed by atoms with Crippen molar-refractivity contribution in [1.29, 1.82) is 0 Å². The van der Waals surface area contributed by atoms with Crippen molar-refractivity contribution in [3.05, 3.63) is 53.1 Å². The number of hydrogen-bond donors (Lipinski definition) is 2. The maximum absolute atomic E-state index is 12.2. The summed E-state index contributed by atoms with van der Waals surface area (Å²) < 4.78 is 59.6. The Kier molecular flexibility index (Phi) is 8.63. The first kappa shape index (κ1) is 25.2. The Bertz CT molecular complexity index is 1110. The van der Waals surface area contributed by atoms with E-state index in [9.17, 15) is 31.6 Å². The highest BCUT2D eigenvalue weighted by Gasteiger charge is 2.17. The summed E-state index contributed by atoms with van der Waals surface area (Å²) in [6.07, 6.45) is 0. The number of anilines is 1. The van der Waals surface area contributed by atoms with Gasteiger partial charge >= 0.3 is 12.6 Å². The number of benzene rings is 2. The molecular weight excluding hydrogens is 474 g/mol. The highest BCUT2D eigenvalue weighted by molar-refractivity contribution is 7.89. The normalized spacial score (nSPS) is 11.2. The van der Waals surface area contributed by atoms with Crippen LogP contribution in [0.1, 0.15) is 17.3 Å². The van der Waals surface area contributed by atoms with Gasteiger partial charge in [-0.05, 0) is 37.3 Å². The minimum atomic E-state index is -4.05. The second-order valence-corrected chi connectivity index (χ2v) is 8.31. The van der Waals surface area contributed by atoms with E-state index >= 15 is 0 Å². The lowest BCUT2D eigenvalue weighted by molar-refractivity contribution is -0.146. The van der Waals surface area contributed by atoms with Crippen molar-refractivity contribution in [3.8, 4) is 5.75 Å². The Morgan fingerprint density at radius 2 is 1.75 bits per heavy atom. The van der Waals surface area contributed by atoms with E-state index in [4.69, 9.17) is 11.6 Å². The van der Waals surface area contributed by atoms with Gasteiger partial charge in [-0.15, -0.1) is 0 Å². The van der Waals surface area contributed by atoms with E-state index in [1.165, 1.54) is 37.3 Å². The predicted molar refractivity (Wildman–Crippen MR) is 109 cm³/mol. The van der Waals surface area contributed by atoms with E-state index in [0.29, 0.717) is 5.56 Å². The third-order valence-electron chi connectivity index (χ3n) is 3.77. The number of hydrogen-bond acceptors (Lipinski definition) is 7. The summed E-state index contributed by atoms with van der Waals surface area (Å²) in [6, 6.07) is 8.60. The molecule has 0 saturated carbocycles. The van der Waals surface area contributed by atoms with Crippen LogP contribution in [0.15, 0.2) is 47.4 Å². The molecule has 32 heavy (non-hydrogen) atoms. The van der Waals surface area contributed by atoms with Crippen molar-refractivity contribution in [2.75, 3.05) is 18.5 Å². The van der Waals surface area contributed by atoms with Gasteiger partial charge in [0, 0.05) is 11.3 Å². The van der Waals surface area contributed by atoms with Gasteiger partial charge < -0.3 is 14.8 Å². The fourth-order valence-electron chi connectivity index (χ4n) is 2.27. The maximum atomic E-state index is 12.2. The Hall–Kier alpha value is -3.09. The molecule has 0 fully saturated rings. The second-order valence-electron chi connectivity index (χ2n) is 6.14. The Labute approximate surface area is 186 Å². The molecule has 13 heteroatoms. The molecular formula is C19H17ClF2N2O7S. The van der Waals surface area contributed by atoms with Gasteiger partial charge in [-0.3, -0.25) is 14.4 Å². The molecule has 0 aromatic heterocycles. The summed E-state index contributed by atoms with van der Waals surface area (Å²) >= 11 is 5.77. The van der Waals surface area contributed by atoms with Gasteiger partial charge in [-0.25, -0.2) is 8.42 Å². The standard InChI is InChI=1S/C19H17ClF2N2O7S/c1-11(25)12-2-5-14(6-3-12)32(28,29)23-9-18(27)30-10-17(26)24-13-4-7-16(15(20)8-13)31-19(21)22/h2-8,19,23H,9-10H2,1H3,(H,24,26). The summed E-state index contributed by atoms with van der Waals surface area (Å²) in [5, 5.41) is 2.15. The van der Waals surface area contributed by atoms with Crippen LogP contribution >= 0.6 is 11.6 Å². The first-order valence-electron chi connectivity index (χ1n) is 8.78. The lowest BCUT2D eigenvalue weighted by Gasteiger charge is -2.10. The third-order valence-corrected chi connectivity index (χ3v) is 5.49. The van der Waals surface area contributed by atoms with E-state index in [2.05, 4.69) is 14.8 Å². The van der Waals surface area contributed by atoms with Gasteiger partial charge in [-0.2, -0.15) is 13.5 Å². The molecule has 0 spiro atoms. The average molecular weight is 491 g/mol. The van der Waals surface area contributed by atoms with E-state index in [1.54, 1.807) is 0 Å². The Morgan fingerprint density at radius 1 is 1.09 bits per heavy atom. The minimum Gasteiger partial charge on any atom is -0.455 e. The molecule has 2 N–H and O–H groups in total. The number of carbonyl (C=O) groups excluding carboxylic acids is 3. The van der Waals surface area contributed by atoms with Crippen molar-refractivity contribution in [2.45, 2.75) is 18.4 Å². The SMILES string of the molecule is CC(=O)c1ccc(S(=O)(=O)NCC(=O)OCC(=O)Nc2ccc(OC(F)F)c(Cl)c2)cc1. The van der Waals surface area contributed by atoms with Gasteiger partial charge in [0.15, 0.2) is 12.4 Å². The molecule has 0 radical (unpaired) electrons. The van der Waals surface area contributed by atoms with Crippen LogP contribution in [0.4, 0.5) is 14.5 Å². The topological polar surface area (TPSA) is 128 Å². The molecule has 0 saturated heterocycles. The molecule has 2 rings (SSSR count). The zero-order chi connectivity index (χ0) is 23.9. The molecule has 2 aromatic rings. The van der Waals surface area contributed by atoms with Crippen LogP contribution in [0, 0.1) is 0 Å². The van der Waals surface area contributed by atoms with E-state index in [-0.39, 0.29) is 27.1 Å². The summed E-state index contributed by atoms with van der Waals surface area (Å²) in [7, 11) is -4.05. The van der Waals surface area contributed by atoms with Crippen LogP contribution in [0.5, 0.6) is 5.75 Å². The van der Waals surface area contributed by atoms with Crippen molar-refractivity contribution < 1.29 is 41.1 Å². The van der Waals surface area contributed by atoms with Crippen molar-refractivity contribution in [3.63, 3.8) is 0 Å². The predicted octanol–water partition coefficient (Wildman–Crippen LogP) is 2.60. The number of rotatable bonds is 10. The molecule has 0 heterocycles. The monoisotopic (exact) mass is 490 g/mol. The largest absolute Gasteiger partial charge is 0.455 e. The zero-order valence-corrected chi connectivity index (χ0v) is 18.0. The number of nitrogens with one attached hydrogen (secondary N) is 2. The molecule has 0 aliphatic heterocycles. The number of halogens is 3. The van der Waals surface area contributed by atoms with Crippen LogP contribution in [-0.4, -0.2) is 45.8 Å². The van der Waals surface area contributed by atoms with Crippen LogP contribution in [-0.2, 0) is 24.3 Å². The second kappa shape index (κ2) is 11.0. The zero-order valence-electron chi connectivity index (χ0n) is 16.4. The molecule has 1 amide bonds. The number of esters is 1. The molecule has 0 unspecified atom stereocenters. The van der Waals surface area contributed by atoms with Crippen molar-refractivity contribution in [2.24, 2.45) is 0 Å². The van der Waals surface area contributed by atoms with E-state index in [1.807, 2.05) is 4.72 Å². The minimum absolute atomic E-state index is 0.132.